The number of allylic oxidation sites excluding steroid dienone is 8. The molecule has 2 rings (SSSR count). The maximum absolute atomic E-state index is 12.4. The van der Waals surface area contributed by atoms with Crippen molar-refractivity contribution in [3.8, 4) is 0 Å². The van der Waals surface area contributed by atoms with E-state index in [0.29, 0.717) is 22.5 Å². The molecule has 3 heteroatoms. The summed E-state index contributed by atoms with van der Waals surface area (Å²) in [4.78, 5) is 16.7. The molecule has 0 bridgehead atoms. The molecule has 22 heavy (non-hydrogen) atoms. The SMILES string of the molecule is C=CC(=CC=CC)C(=C)C(=O)c1ccc([N+]2=C=CC=C2)nc1. The highest BCUT2D eigenvalue weighted by atomic mass is 16.1. The van der Waals surface area contributed by atoms with Crippen LogP contribution in [-0.4, -0.2) is 21.2 Å². The van der Waals surface area contributed by atoms with E-state index in [1.807, 2.05) is 37.4 Å². The molecule has 3 nitrogen and oxygen atoms in total. The average Bonchev–Trinajstić information content (AvgIpc) is 3.09. The summed E-state index contributed by atoms with van der Waals surface area (Å²) in [6, 6.07) is 3.51. The highest BCUT2D eigenvalue weighted by Crippen LogP contribution is 2.17. The molecule has 0 N–H and O–H groups in total. The molecule has 0 radical (unpaired) electrons. The van der Waals surface area contributed by atoms with Gasteiger partial charge in [-0.05, 0) is 29.6 Å². The van der Waals surface area contributed by atoms with E-state index in [9.17, 15) is 4.79 Å². The topological polar surface area (TPSA) is 33.0 Å². The van der Waals surface area contributed by atoms with E-state index >= 15 is 0 Å². The summed E-state index contributed by atoms with van der Waals surface area (Å²) in [6.45, 7) is 9.49. The highest BCUT2D eigenvalue weighted by molar-refractivity contribution is 6.11. The summed E-state index contributed by atoms with van der Waals surface area (Å²) in [6.07, 6.45) is 14.2. The first-order chi connectivity index (χ1) is 10.7. The van der Waals surface area contributed by atoms with Gasteiger partial charge in [0.15, 0.2) is 12.0 Å². The Labute approximate surface area is 130 Å². The molecule has 1 aliphatic rings. The fourth-order valence-corrected chi connectivity index (χ4v) is 1.90. The molecule has 0 atom stereocenters. The van der Waals surface area contributed by atoms with Crippen molar-refractivity contribution < 1.29 is 9.37 Å². The van der Waals surface area contributed by atoms with Crippen LogP contribution < -0.4 is 0 Å². The molecule has 0 spiro atoms. The Hall–Kier alpha value is -3.03. The first-order valence-corrected chi connectivity index (χ1v) is 6.88. The van der Waals surface area contributed by atoms with E-state index in [1.54, 1.807) is 35.1 Å². The van der Waals surface area contributed by atoms with Crippen molar-refractivity contribution in [3.63, 3.8) is 0 Å². The molecule has 0 saturated heterocycles. The van der Waals surface area contributed by atoms with Crippen LogP contribution in [0.4, 0.5) is 5.82 Å². The number of Topliss-reactive ketones (excluding diaryl/α,β-unsaturated/α-hetero) is 1. The number of ketones is 1. The highest BCUT2D eigenvalue weighted by Gasteiger charge is 2.16. The standard InChI is InChI=1S/C19H17N2O/c1-4-6-9-16(5-2)15(3)19(22)17-10-11-18(20-14-17)21-12-7-8-13-21/h4-12,14H,2-3H2,1H3/q+1. The first kappa shape index (κ1) is 15.4. The molecule has 0 saturated carbocycles. The fraction of sp³-hybridized carbons (Fsp3) is 0.0526. The number of hydrogen-bond donors (Lipinski definition) is 0. The maximum Gasteiger partial charge on any atom is 0.335 e. The quantitative estimate of drug-likeness (QED) is 0.344. The third kappa shape index (κ3) is 3.35. The van der Waals surface area contributed by atoms with E-state index in [4.69, 9.17) is 0 Å². The van der Waals surface area contributed by atoms with Gasteiger partial charge in [0, 0.05) is 17.7 Å². The van der Waals surface area contributed by atoms with Gasteiger partial charge in [-0.2, -0.15) is 4.58 Å². The first-order valence-electron chi connectivity index (χ1n) is 6.88. The van der Waals surface area contributed by atoms with Crippen molar-refractivity contribution >= 4 is 17.5 Å². The molecule has 1 aliphatic heterocycles. The molecule has 108 valence electrons. The van der Waals surface area contributed by atoms with E-state index in [2.05, 4.69) is 24.0 Å². The van der Waals surface area contributed by atoms with Crippen molar-refractivity contribution in [2.24, 2.45) is 0 Å². The summed E-state index contributed by atoms with van der Waals surface area (Å²) in [5, 5.41) is 0. The minimum Gasteiger partial charge on any atom is -0.288 e. The van der Waals surface area contributed by atoms with E-state index in [0.717, 1.165) is 0 Å². The smallest absolute Gasteiger partial charge is 0.288 e. The van der Waals surface area contributed by atoms with Crippen LogP contribution in [0.1, 0.15) is 17.3 Å². The number of carbonyl (C=O) groups is 1. The molecule has 0 fully saturated rings. The Balaban J connectivity index is 2.22. The fourth-order valence-electron chi connectivity index (χ4n) is 1.90. The maximum atomic E-state index is 12.4. The number of pyridine rings is 1. The zero-order chi connectivity index (χ0) is 15.9. The van der Waals surface area contributed by atoms with Gasteiger partial charge in [-0.3, -0.25) is 4.79 Å². The van der Waals surface area contributed by atoms with Crippen LogP contribution in [0.5, 0.6) is 0 Å². The monoisotopic (exact) mass is 289 g/mol. The lowest BCUT2D eigenvalue weighted by atomic mass is 9.99. The van der Waals surface area contributed by atoms with E-state index < -0.39 is 0 Å². The van der Waals surface area contributed by atoms with Gasteiger partial charge >= 0.3 is 5.82 Å². The zero-order valence-electron chi connectivity index (χ0n) is 12.5. The lowest BCUT2D eigenvalue weighted by molar-refractivity contribution is -0.354. The summed E-state index contributed by atoms with van der Waals surface area (Å²) in [5.74, 6) is 3.55. The molecule has 1 aromatic rings. The Morgan fingerprint density at radius 3 is 2.77 bits per heavy atom. The lowest BCUT2D eigenvalue weighted by Crippen LogP contribution is -2.05. The van der Waals surface area contributed by atoms with Gasteiger partial charge in [0.05, 0.1) is 11.4 Å². The van der Waals surface area contributed by atoms with Gasteiger partial charge in [-0.25, -0.2) is 0 Å². The summed E-state index contributed by atoms with van der Waals surface area (Å²) < 4.78 is 1.75. The molecule has 0 amide bonds. The Bertz CT molecular complexity index is 768. The van der Waals surface area contributed by atoms with Crippen molar-refractivity contribution in [1.82, 2.24) is 4.98 Å². The number of carbonyl (C=O) groups excluding carboxylic acids is 1. The molecule has 0 aromatic carbocycles. The third-order valence-corrected chi connectivity index (χ3v) is 3.11. The van der Waals surface area contributed by atoms with Crippen LogP contribution >= 0.6 is 0 Å². The van der Waals surface area contributed by atoms with E-state index in [-0.39, 0.29) is 5.78 Å². The normalized spacial score (nSPS) is 13.5. The minimum atomic E-state index is -0.161. The Kier molecular flexibility index (Phi) is 4.97. The second-order valence-electron chi connectivity index (χ2n) is 4.57. The summed E-state index contributed by atoms with van der Waals surface area (Å²) in [5.41, 5.74) is 1.59. The number of rotatable bonds is 6. The Morgan fingerprint density at radius 1 is 1.41 bits per heavy atom. The van der Waals surface area contributed by atoms with Gasteiger partial charge in [0.1, 0.15) is 6.20 Å². The van der Waals surface area contributed by atoms with Crippen LogP contribution in [0.15, 0.2) is 85.3 Å². The van der Waals surface area contributed by atoms with E-state index in [1.165, 1.54) is 0 Å². The van der Waals surface area contributed by atoms with Crippen LogP contribution in [0.3, 0.4) is 0 Å². The van der Waals surface area contributed by atoms with Crippen molar-refractivity contribution in [2.45, 2.75) is 6.92 Å². The number of hydrogen-bond acceptors (Lipinski definition) is 2. The second-order valence-corrected chi connectivity index (χ2v) is 4.57. The van der Waals surface area contributed by atoms with Gasteiger partial charge in [0.2, 0.25) is 0 Å². The van der Waals surface area contributed by atoms with Crippen molar-refractivity contribution in [1.29, 1.82) is 0 Å². The molecule has 2 heterocycles. The molecular weight excluding hydrogens is 272 g/mol. The lowest BCUT2D eigenvalue weighted by Gasteiger charge is -2.04. The predicted octanol–water partition coefficient (Wildman–Crippen LogP) is 3.91. The van der Waals surface area contributed by atoms with Gasteiger partial charge < -0.3 is 0 Å². The van der Waals surface area contributed by atoms with Crippen LogP contribution in [0.2, 0.25) is 0 Å². The zero-order valence-corrected chi connectivity index (χ0v) is 12.5. The van der Waals surface area contributed by atoms with Crippen molar-refractivity contribution in [3.05, 3.63) is 90.9 Å². The predicted molar refractivity (Wildman–Crippen MR) is 89.4 cm³/mol. The van der Waals surface area contributed by atoms with Gasteiger partial charge in [-0.15, -0.1) is 0 Å². The summed E-state index contributed by atoms with van der Waals surface area (Å²) in [7, 11) is 0. The van der Waals surface area contributed by atoms with Crippen LogP contribution in [0.25, 0.3) is 0 Å². The Morgan fingerprint density at radius 2 is 2.23 bits per heavy atom. The minimum absolute atomic E-state index is 0.161. The largest absolute Gasteiger partial charge is 0.335 e. The van der Waals surface area contributed by atoms with Crippen LogP contribution in [0, 0.1) is 0 Å². The number of nitrogens with zero attached hydrogens (tertiary/aromatic N) is 2. The number of aromatic nitrogens is 1. The third-order valence-electron chi connectivity index (χ3n) is 3.11. The van der Waals surface area contributed by atoms with Gasteiger partial charge in [-0.1, -0.05) is 37.5 Å². The molecule has 0 unspecified atom stereocenters. The summed E-state index contributed by atoms with van der Waals surface area (Å²) >= 11 is 0. The molecule has 0 aliphatic carbocycles. The molecular formula is C19H17N2O+. The van der Waals surface area contributed by atoms with Gasteiger partial charge in [0.25, 0.3) is 0 Å². The van der Waals surface area contributed by atoms with Crippen molar-refractivity contribution in [2.75, 3.05) is 0 Å². The second kappa shape index (κ2) is 7.11. The molecule has 1 aromatic heterocycles. The van der Waals surface area contributed by atoms with Crippen LogP contribution in [-0.2, 0) is 0 Å². The average molecular weight is 289 g/mol.